The molecule has 0 saturated carbocycles. The van der Waals surface area contributed by atoms with Gasteiger partial charge >= 0.3 is 0 Å². The topological polar surface area (TPSA) is 136 Å². The van der Waals surface area contributed by atoms with E-state index in [2.05, 4.69) is 31.0 Å². The van der Waals surface area contributed by atoms with Crippen LogP contribution in [-0.4, -0.2) is 49.5 Å². The van der Waals surface area contributed by atoms with Crippen molar-refractivity contribution in [2.45, 2.75) is 25.6 Å². The van der Waals surface area contributed by atoms with E-state index < -0.39 is 35.5 Å². The fourth-order valence-electron chi connectivity index (χ4n) is 4.86. The molecule has 2 atom stereocenters. The molecule has 236 valence electrons. The minimum atomic E-state index is -1.02. The molecular weight excluding hydrogens is 641 g/mol. The first kappa shape index (κ1) is 32.4. The Labute approximate surface area is 271 Å². The standard InChI is InChI=1S/C21H14Cl2F2N4O3.C10H12N4/c1-9-20(31)27-17(14-7-12(24)2-3-15(14)23)18-19(26-16(8-30)29(9)18)28-21(32)10-4-11(22)6-13(25)5-10;1-11-7-9-3-4-10(12-8-9)14-6-2-5-13-14/h2-9,17H,1H3,(H,27,31)(H,28,32);2-6,8,11H,7H2,1H3/t9-,17-;/m0./s1. The molecule has 0 radical (unpaired) electrons. The summed E-state index contributed by atoms with van der Waals surface area (Å²) in [5.41, 5.74) is 1.50. The van der Waals surface area contributed by atoms with Crippen LogP contribution in [0.4, 0.5) is 14.6 Å². The number of pyridine rings is 1. The van der Waals surface area contributed by atoms with Crippen molar-refractivity contribution in [2.75, 3.05) is 12.4 Å². The maximum atomic E-state index is 14.0. The van der Waals surface area contributed by atoms with E-state index in [1.54, 1.807) is 10.9 Å². The van der Waals surface area contributed by atoms with Crippen LogP contribution in [0.2, 0.25) is 10.0 Å². The Bertz CT molecular complexity index is 1880. The lowest BCUT2D eigenvalue weighted by Gasteiger charge is -2.31. The molecule has 11 nitrogen and oxygen atoms in total. The highest BCUT2D eigenvalue weighted by atomic mass is 35.5. The van der Waals surface area contributed by atoms with Crippen LogP contribution >= 0.6 is 23.2 Å². The summed E-state index contributed by atoms with van der Waals surface area (Å²) in [7, 11) is 1.92. The van der Waals surface area contributed by atoms with E-state index in [1.807, 2.05) is 37.6 Å². The van der Waals surface area contributed by atoms with Crippen molar-refractivity contribution in [3.8, 4) is 5.82 Å². The number of aromatic nitrogens is 5. The zero-order valence-electron chi connectivity index (χ0n) is 24.3. The Balaban J connectivity index is 0.000000247. The molecule has 3 aromatic heterocycles. The zero-order valence-corrected chi connectivity index (χ0v) is 25.9. The summed E-state index contributed by atoms with van der Waals surface area (Å²) in [5.74, 6) is -1.89. The van der Waals surface area contributed by atoms with Crippen LogP contribution in [0.3, 0.4) is 0 Å². The average molecular weight is 668 g/mol. The minimum Gasteiger partial charge on any atom is -0.342 e. The molecule has 0 fully saturated rings. The number of aldehydes is 1. The summed E-state index contributed by atoms with van der Waals surface area (Å²) in [5, 5.41) is 12.6. The molecule has 5 aromatic rings. The predicted molar refractivity (Wildman–Crippen MR) is 167 cm³/mol. The van der Waals surface area contributed by atoms with Crippen molar-refractivity contribution >= 4 is 47.1 Å². The second-order valence-electron chi connectivity index (χ2n) is 10.1. The number of hydrogen-bond acceptors (Lipinski definition) is 7. The van der Waals surface area contributed by atoms with Gasteiger partial charge in [0.1, 0.15) is 17.7 Å². The number of anilines is 1. The van der Waals surface area contributed by atoms with Gasteiger partial charge in [0, 0.05) is 46.3 Å². The molecular formula is C31H26Cl2F2N8O3. The molecule has 4 heterocycles. The SMILES string of the molecule is CNCc1ccc(-n2cccn2)nc1.C[C@H]1C(=O)N[C@@H](c2cc(F)ccc2Cl)c2c(NC(=O)c3cc(F)cc(Cl)c3)nc(C=O)n21. The molecule has 46 heavy (non-hydrogen) atoms. The van der Waals surface area contributed by atoms with E-state index in [9.17, 15) is 23.2 Å². The van der Waals surface area contributed by atoms with Gasteiger partial charge in [-0.05, 0) is 68.1 Å². The second kappa shape index (κ2) is 14.0. The maximum absolute atomic E-state index is 14.0. The predicted octanol–water partition coefficient (Wildman–Crippen LogP) is 5.30. The van der Waals surface area contributed by atoms with E-state index in [1.165, 1.54) is 29.2 Å². The summed E-state index contributed by atoms with van der Waals surface area (Å²) < 4.78 is 30.7. The highest BCUT2D eigenvalue weighted by molar-refractivity contribution is 6.31. The van der Waals surface area contributed by atoms with Crippen molar-refractivity contribution in [3.63, 3.8) is 0 Å². The first-order valence-corrected chi connectivity index (χ1v) is 14.5. The Morgan fingerprint density at radius 2 is 1.91 bits per heavy atom. The molecule has 0 aliphatic carbocycles. The molecule has 1 aliphatic rings. The number of fused-ring (bicyclic) bond motifs is 1. The summed E-state index contributed by atoms with van der Waals surface area (Å²) in [6, 6.07) is 10.9. The van der Waals surface area contributed by atoms with Gasteiger partial charge < -0.3 is 20.5 Å². The first-order chi connectivity index (χ1) is 22.1. The van der Waals surface area contributed by atoms with Crippen molar-refractivity contribution in [1.29, 1.82) is 0 Å². The van der Waals surface area contributed by atoms with E-state index in [-0.39, 0.29) is 38.5 Å². The van der Waals surface area contributed by atoms with Crippen molar-refractivity contribution < 1.29 is 23.2 Å². The van der Waals surface area contributed by atoms with E-state index >= 15 is 0 Å². The normalized spacial score (nSPS) is 15.3. The number of imidazole rings is 1. The number of nitrogens with one attached hydrogen (secondary N) is 3. The quantitative estimate of drug-likeness (QED) is 0.201. The molecule has 6 rings (SSSR count). The number of halogens is 4. The van der Waals surface area contributed by atoms with Gasteiger partial charge in [-0.1, -0.05) is 29.3 Å². The number of nitrogens with zero attached hydrogens (tertiary/aromatic N) is 5. The van der Waals surface area contributed by atoms with Crippen LogP contribution < -0.4 is 16.0 Å². The fourth-order valence-corrected chi connectivity index (χ4v) is 5.31. The van der Waals surface area contributed by atoms with Crippen molar-refractivity contribution in [3.05, 3.63) is 123 Å². The molecule has 0 bridgehead atoms. The maximum Gasteiger partial charge on any atom is 0.257 e. The molecule has 2 aromatic carbocycles. The molecule has 0 unspecified atom stereocenters. The van der Waals surface area contributed by atoms with Gasteiger partial charge in [-0.15, -0.1) is 0 Å². The van der Waals surface area contributed by atoms with E-state index in [0.717, 1.165) is 36.6 Å². The number of rotatable bonds is 7. The van der Waals surface area contributed by atoms with Crippen LogP contribution in [0, 0.1) is 11.6 Å². The van der Waals surface area contributed by atoms with Gasteiger partial charge in [-0.2, -0.15) is 5.10 Å². The molecule has 0 saturated heterocycles. The largest absolute Gasteiger partial charge is 0.342 e. The van der Waals surface area contributed by atoms with Crippen molar-refractivity contribution in [2.24, 2.45) is 0 Å². The highest BCUT2D eigenvalue weighted by Crippen LogP contribution is 2.38. The Morgan fingerprint density at radius 3 is 2.57 bits per heavy atom. The smallest absolute Gasteiger partial charge is 0.257 e. The second-order valence-corrected chi connectivity index (χ2v) is 10.9. The number of hydrogen-bond donors (Lipinski definition) is 3. The Kier molecular flexibility index (Phi) is 9.85. The first-order valence-electron chi connectivity index (χ1n) is 13.8. The minimum absolute atomic E-state index is 0.0147. The Morgan fingerprint density at radius 1 is 1.11 bits per heavy atom. The monoisotopic (exact) mass is 666 g/mol. The lowest BCUT2D eigenvalue weighted by Crippen LogP contribution is -2.42. The summed E-state index contributed by atoms with van der Waals surface area (Å²) in [6.07, 6.45) is 5.90. The summed E-state index contributed by atoms with van der Waals surface area (Å²) in [4.78, 5) is 45.5. The summed E-state index contributed by atoms with van der Waals surface area (Å²) in [6.45, 7) is 2.38. The van der Waals surface area contributed by atoms with E-state index in [4.69, 9.17) is 23.2 Å². The fraction of sp³-hybridized carbons (Fsp3) is 0.161. The average Bonchev–Trinajstić information content (AvgIpc) is 3.70. The molecule has 15 heteroatoms. The third kappa shape index (κ3) is 6.96. The lowest BCUT2D eigenvalue weighted by atomic mass is 9.99. The number of benzene rings is 2. The van der Waals surface area contributed by atoms with Gasteiger partial charge in [0.25, 0.3) is 5.91 Å². The number of amides is 2. The lowest BCUT2D eigenvalue weighted by molar-refractivity contribution is -0.125. The number of carbonyl (C=O) groups is 3. The Hall–Kier alpha value is -4.98. The molecule has 2 amide bonds. The van der Waals surface area contributed by atoms with Gasteiger partial charge in [-0.3, -0.25) is 14.4 Å². The van der Waals surface area contributed by atoms with E-state index in [0.29, 0.717) is 6.29 Å². The van der Waals surface area contributed by atoms with Crippen LogP contribution in [-0.2, 0) is 11.3 Å². The molecule has 1 aliphatic heterocycles. The van der Waals surface area contributed by atoms with Gasteiger partial charge in [0.15, 0.2) is 23.7 Å². The van der Waals surface area contributed by atoms with Gasteiger partial charge in [-0.25, -0.2) is 23.4 Å². The van der Waals surface area contributed by atoms with Gasteiger partial charge in [0.05, 0.1) is 11.7 Å². The van der Waals surface area contributed by atoms with Crippen LogP contribution in [0.1, 0.15) is 56.8 Å². The molecule has 3 N–H and O–H groups in total. The van der Waals surface area contributed by atoms with Crippen LogP contribution in [0.15, 0.2) is 73.2 Å². The highest BCUT2D eigenvalue weighted by Gasteiger charge is 2.38. The third-order valence-corrected chi connectivity index (χ3v) is 7.52. The van der Waals surface area contributed by atoms with Gasteiger partial charge in [0.2, 0.25) is 5.91 Å². The zero-order chi connectivity index (χ0) is 33.0. The van der Waals surface area contributed by atoms with Crippen LogP contribution in [0.5, 0.6) is 0 Å². The molecule has 0 spiro atoms. The number of carbonyl (C=O) groups excluding carboxylic acids is 3. The third-order valence-electron chi connectivity index (χ3n) is 6.96. The van der Waals surface area contributed by atoms with Crippen molar-refractivity contribution in [1.82, 2.24) is 34.9 Å². The van der Waals surface area contributed by atoms with Crippen LogP contribution in [0.25, 0.3) is 5.82 Å². The summed E-state index contributed by atoms with van der Waals surface area (Å²) >= 11 is 12.1.